The Bertz CT molecular complexity index is 418. The van der Waals surface area contributed by atoms with Gasteiger partial charge in [-0.2, -0.15) is 0 Å². The molecule has 0 nitrogen and oxygen atoms in total. The minimum atomic E-state index is -3.01. The van der Waals surface area contributed by atoms with Crippen LogP contribution in [-0.2, 0) is 0 Å². The molecule has 0 aromatic rings. The average Bonchev–Trinajstić information content (AvgIpc) is 2.53. The summed E-state index contributed by atoms with van der Waals surface area (Å²) in [4.78, 5) is 0. The first-order valence-corrected chi connectivity index (χ1v) is 9.71. The molecule has 0 aromatic heterocycles. The van der Waals surface area contributed by atoms with Crippen LogP contribution >= 0.6 is 0 Å². The third-order valence-electron chi connectivity index (χ3n) is 6.97. The molecule has 3 saturated carbocycles. The van der Waals surface area contributed by atoms with Crippen molar-refractivity contribution in [2.24, 2.45) is 29.6 Å². The van der Waals surface area contributed by atoms with E-state index in [1.54, 1.807) is 0 Å². The zero-order valence-corrected chi connectivity index (χ0v) is 14.4. The molecule has 0 radical (unpaired) electrons. The predicted molar refractivity (Wildman–Crippen MR) is 84.6 cm³/mol. The van der Waals surface area contributed by atoms with Gasteiger partial charge in [0.05, 0.1) is 5.92 Å². The van der Waals surface area contributed by atoms with Gasteiger partial charge in [-0.15, -0.1) is 0 Å². The molecule has 3 rings (SSSR count). The number of rotatable bonds is 3. The van der Waals surface area contributed by atoms with Crippen LogP contribution in [0.4, 0.5) is 26.3 Å². The van der Waals surface area contributed by atoms with E-state index >= 15 is 0 Å². The standard InChI is InChI=1S/C19H28F6/c20-13-3-1-2-10(6-13)11-4-5-14(15(21)7-11)12-8-16(22)18(19(24)25)17(23)9-12/h10-19H,1-9H2. The highest BCUT2D eigenvalue weighted by atomic mass is 19.3. The zero-order valence-electron chi connectivity index (χ0n) is 14.4. The van der Waals surface area contributed by atoms with Gasteiger partial charge in [0.1, 0.15) is 24.7 Å². The molecule has 0 amide bonds. The van der Waals surface area contributed by atoms with Crippen molar-refractivity contribution in [3.8, 4) is 0 Å². The van der Waals surface area contributed by atoms with E-state index in [0.29, 0.717) is 25.7 Å². The summed E-state index contributed by atoms with van der Waals surface area (Å²) in [6, 6.07) is 0. The highest BCUT2D eigenvalue weighted by Crippen LogP contribution is 2.48. The fourth-order valence-electron chi connectivity index (χ4n) is 5.60. The van der Waals surface area contributed by atoms with Crippen LogP contribution in [-0.4, -0.2) is 31.1 Å². The van der Waals surface area contributed by atoms with Gasteiger partial charge in [-0.1, -0.05) is 6.42 Å². The van der Waals surface area contributed by atoms with Gasteiger partial charge in [0.25, 0.3) is 0 Å². The molecule has 7 unspecified atom stereocenters. The van der Waals surface area contributed by atoms with Crippen LogP contribution in [0.5, 0.6) is 0 Å². The molecule has 25 heavy (non-hydrogen) atoms. The molecule has 0 aliphatic heterocycles. The van der Waals surface area contributed by atoms with Crippen molar-refractivity contribution in [3.05, 3.63) is 0 Å². The monoisotopic (exact) mass is 370 g/mol. The van der Waals surface area contributed by atoms with Gasteiger partial charge in [0.2, 0.25) is 6.43 Å². The van der Waals surface area contributed by atoms with E-state index in [4.69, 9.17) is 0 Å². The second kappa shape index (κ2) is 8.08. The van der Waals surface area contributed by atoms with Gasteiger partial charge in [-0.3, -0.25) is 0 Å². The summed E-state index contributed by atoms with van der Waals surface area (Å²) in [6.07, 6.45) is -4.62. The summed E-state index contributed by atoms with van der Waals surface area (Å²) in [6.45, 7) is 0. The second-order valence-electron chi connectivity index (χ2n) is 8.45. The molecule has 3 aliphatic rings. The third kappa shape index (κ3) is 4.29. The Morgan fingerprint density at radius 2 is 1.20 bits per heavy atom. The van der Waals surface area contributed by atoms with Gasteiger partial charge in [0.15, 0.2) is 0 Å². The van der Waals surface area contributed by atoms with Gasteiger partial charge in [-0.05, 0) is 75.0 Å². The van der Waals surface area contributed by atoms with Crippen LogP contribution in [0, 0.1) is 29.6 Å². The number of hydrogen-bond donors (Lipinski definition) is 0. The summed E-state index contributed by atoms with van der Waals surface area (Å²) in [5.74, 6) is -2.47. The summed E-state index contributed by atoms with van der Waals surface area (Å²) < 4.78 is 81.9. The maximum atomic E-state index is 14.8. The van der Waals surface area contributed by atoms with Gasteiger partial charge in [0, 0.05) is 0 Å². The fourth-order valence-corrected chi connectivity index (χ4v) is 5.60. The van der Waals surface area contributed by atoms with E-state index in [-0.39, 0.29) is 24.7 Å². The lowest BCUT2D eigenvalue weighted by Crippen LogP contribution is -2.44. The maximum absolute atomic E-state index is 14.8. The molecule has 0 heterocycles. The molecule has 146 valence electrons. The van der Waals surface area contributed by atoms with Crippen molar-refractivity contribution < 1.29 is 26.3 Å². The van der Waals surface area contributed by atoms with Crippen molar-refractivity contribution in [2.45, 2.75) is 88.9 Å². The molecule has 6 heteroatoms. The lowest BCUT2D eigenvalue weighted by atomic mass is 9.64. The largest absolute Gasteiger partial charge is 0.247 e. The minimum Gasteiger partial charge on any atom is -0.247 e. The molecule has 3 fully saturated rings. The van der Waals surface area contributed by atoms with Crippen LogP contribution in [0.1, 0.15) is 57.8 Å². The quantitative estimate of drug-likeness (QED) is 0.516. The molecule has 3 aliphatic carbocycles. The molecule has 0 spiro atoms. The SMILES string of the molecule is FC1CCCC(C2CCC(C3CC(F)C(C(F)F)C(F)C3)C(F)C2)C1. The van der Waals surface area contributed by atoms with Gasteiger partial charge >= 0.3 is 0 Å². The molecule has 7 atom stereocenters. The van der Waals surface area contributed by atoms with E-state index in [1.165, 1.54) is 0 Å². The maximum Gasteiger partial charge on any atom is 0.247 e. The van der Waals surface area contributed by atoms with Crippen LogP contribution in [0.2, 0.25) is 0 Å². The summed E-state index contributed by atoms with van der Waals surface area (Å²) in [5.41, 5.74) is 0. The Hall–Kier alpha value is -0.420. The Balaban J connectivity index is 1.56. The molecule has 0 N–H and O–H groups in total. The molecule has 0 bridgehead atoms. The summed E-state index contributed by atoms with van der Waals surface area (Å²) in [7, 11) is 0. The van der Waals surface area contributed by atoms with E-state index in [1.807, 2.05) is 0 Å². The second-order valence-corrected chi connectivity index (χ2v) is 8.45. The van der Waals surface area contributed by atoms with Gasteiger partial charge < -0.3 is 0 Å². The van der Waals surface area contributed by atoms with Crippen LogP contribution in [0.25, 0.3) is 0 Å². The Labute approximate surface area is 145 Å². The minimum absolute atomic E-state index is 0.143. The topological polar surface area (TPSA) is 0 Å². The van der Waals surface area contributed by atoms with Gasteiger partial charge in [-0.25, -0.2) is 26.3 Å². The smallest absolute Gasteiger partial charge is 0.247 e. The normalized spacial score (nSPS) is 49.3. The lowest BCUT2D eigenvalue weighted by Gasteiger charge is -2.44. The van der Waals surface area contributed by atoms with E-state index in [2.05, 4.69) is 0 Å². The zero-order chi connectivity index (χ0) is 18.1. The Kier molecular flexibility index (Phi) is 6.25. The first-order valence-electron chi connectivity index (χ1n) is 9.71. The highest BCUT2D eigenvalue weighted by Gasteiger charge is 2.48. The van der Waals surface area contributed by atoms with Crippen LogP contribution in [0.15, 0.2) is 0 Å². The van der Waals surface area contributed by atoms with Crippen molar-refractivity contribution in [1.82, 2.24) is 0 Å². The van der Waals surface area contributed by atoms with Crippen molar-refractivity contribution in [2.75, 3.05) is 0 Å². The predicted octanol–water partition coefficient (Wildman–Crippen LogP) is 6.24. The fraction of sp³-hybridized carbons (Fsp3) is 1.00. The molecular formula is C19H28F6. The van der Waals surface area contributed by atoms with E-state index < -0.39 is 48.9 Å². The van der Waals surface area contributed by atoms with E-state index in [9.17, 15) is 26.3 Å². The molecule has 0 aromatic carbocycles. The molecular weight excluding hydrogens is 342 g/mol. The Morgan fingerprint density at radius 3 is 1.76 bits per heavy atom. The summed E-state index contributed by atoms with van der Waals surface area (Å²) in [5, 5.41) is 0. The van der Waals surface area contributed by atoms with Crippen molar-refractivity contribution in [3.63, 3.8) is 0 Å². The van der Waals surface area contributed by atoms with Crippen molar-refractivity contribution in [1.29, 1.82) is 0 Å². The number of alkyl halides is 6. The highest BCUT2D eigenvalue weighted by molar-refractivity contribution is 4.95. The average molecular weight is 370 g/mol. The van der Waals surface area contributed by atoms with Crippen LogP contribution in [0.3, 0.4) is 0 Å². The van der Waals surface area contributed by atoms with Crippen LogP contribution < -0.4 is 0 Å². The molecule has 0 saturated heterocycles. The lowest BCUT2D eigenvalue weighted by molar-refractivity contribution is -0.0732. The number of hydrogen-bond acceptors (Lipinski definition) is 0. The summed E-state index contributed by atoms with van der Waals surface area (Å²) >= 11 is 0. The van der Waals surface area contributed by atoms with Crippen molar-refractivity contribution >= 4 is 0 Å². The Morgan fingerprint density at radius 1 is 0.600 bits per heavy atom. The number of halogens is 6. The third-order valence-corrected chi connectivity index (χ3v) is 6.97. The first kappa shape index (κ1) is 19.3. The van der Waals surface area contributed by atoms with E-state index in [0.717, 1.165) is 19.3 Å². The first-order chi connectivity index (χ1) is 11.9.